The first kappa shape index (κ1) is 8.19. The second kappa shape index (κ2) is 2.68. The van der Waals surface area contributed by atoms with E-state index in [9.17, 15) is 9.59 Å². The predicted octanol–water partition coefficient (Wildman–Crippen LogP) is -2.48. The molecule has 3 rings (SSSR count). The largest absolute Gasteiger partial charge is 0.325 e. The quantitative estimate of drug-likeness (QED) is 0.421. The second-order valence-electron chi connectivity index (χ2n) is 3.85. The van der Waals surface area contributed by atoms with Crippen molar-refractivity contribution >= 4 is 11.8 Å². The van der Waals surface area contributed by atoms with Crippen LogP contribution in [0.25, 0.3) is 0 Å². The van der Waals surface area contributed by atoms with Crippen molar-refractivity contribution < 1.29 is 9.59 Å². The van der Waals surface area contributed by atoms with Crippen LogP contribution < -0.4 is 10.6 Å². The summed E-state index contributed by atoms with van der Waals surface area (Å²) < 4.78 is 0. The minimum atomic E-state index is -0.467. The number of piperazine rings is 1. The Hall–Kier alpha value is -1.14. The van der Waals surface area contributed by atoms with Crippen molar-refractivity contribution in [2.45, 2.75) is 12.3 Å². The van der Waals surface area contributed by atoms with Gasteiger partial charge in [0.25, 0.3) is 0 Å². The van der Waals surface area contributed by atoms with Crippen molar-refractivity contribution in [1.29, 1.82) is 0 Å². The summed E-state index contributed by atoms with van der Waals surface area (Å²) >= 11 is 0. The molecular formula is C8H12N4O2. The number of hydrogen-bond acceptors (Lipinski definition) is 4. The summed E-state index contributed by atoms with van der Waals surface area (Å²) in [5, 5.41) is 6.00. The second-order valence-corrected chi connectivity index (χ2v) is 3.85. The third-order valence-corrected chi connectivity index (χ3v) is 3.14. The van der Waals surface area contributed by atoms with E-state index in [0.717, 1.165) is 19.6 Å². The number of nitrogens with zero attached hydrogens (tertiary/aromatic N) is 2. The summed E-state index contributed by atoms with van der Waals surface area (Å²) in [6, 6.07) is 0. The highest BCUT2D eigenvalue weighted by Gasteiger charge is 2.48. The Morgan fingerprint density at radius 2 is 2.00 bits per heavy atom. The van der Waals surface area contributed by atoms with Crippen LogP contribution in [-0.2, 0) is 9.59 Å². The molecule has 76 valence electrons. The van der Waals surface area contributed by atoms with Crippen molar-refractivity contribution in [1.82, 2.24) is 20.4 Å². The third kappa shape index (κ3) is 0.921. The van der Waals surface area contributed by atoms with Crippen molar-refractivity contribution in [2.24, 2.45) is 0 Å². The molecule has 6 nitrogen and oxygen atoms in total. The number of fused-ring (bicyclic) bond motifs is 3. The maximum Gasteiger partial charge on any atom is 0.313 e. The van der Waals surface area contributed by atoms with Gasteiger partial charge in [-0.25, -0.2) is 0 Å². The lowest BCUT2D eigenvalue weighted by Gasteiger charge is -2.39. The van der Waals surface area contributed by atoms with Crippen LogP contribution in [0.15, 0.2) is 0 Å². The fourth-order valence-electron chi connectivity index (χ4n) is 2.44. The van der Waals surface area contributed by atoms with Crippen LogP contribution >= 0.6 is 0 Å². The zero-order valence-corrected chi connectivity index (χ0v) is 7.69. The third-order valence-electron chi connectivity index (χ3n) is 3.14. The summed E-state index contributed by atoms with van der Waals surface area (Å²) in [5.74, 6) is -0.853. The number of rotatable bonds is 0. The number of carbonyl (C=O) groups is 2. The van der Waals surface area contributed by atoms with Gasteiger partial charge in [0, 0.05) is 26.2 Å². The summed E-state index contributed by atoms with van der Waals surface area (Å²) in [5.41, 5.74) is 0. The fourth-order valence-corrected chi connectivity index (χ4v) is 2.44. The lowest BCUT2D eigenvalue weighted by Crippen LogP contribution is -2.62. The molecule has 2 amide bonds. The average Bonchev–Trinajstić information content (AvgIpc) is 2.73. The maximum atomic E-state index is 11.4. The molecule has 0 spiro atoms. The molecule has 0 aromatic carbocycles. The topological polar surface area (TPSA) is 64.7 Å². The highest BCUT2D eigenvalue weighted by molar-refractivity contribution is 6.37. The van der Waals surface area contributed by atoms with Gasteiger partial charge < -0.3 is 10.2 Å². The summed E-state index contributed by atoms with van der Waals surface area (Å²) in [6.45, 7) is 3.44. The molecule has 6 heteroatoms. The first-order valence-corrected chi connectivity index (χ1v) is 4.86. The van der Waals surface area contributed by atoms with Gasteiger partial charge in [0.15, 0.2) is 0 Å². The molecule has 0 aliphatic carbocycles. The van der Waals surface area contributed by atoms with Gasteiger partial charge in [0.2, 0.25) is 0 Å². The van der Waals surface area contributed by atoms with Gasteiger partial charge in [0.05, 0.1) is 0 Å². The Kier molecular flexibility index (Phi) is 1.57. The van der Waals surface area contributed by atoms with Crippen molar-refractivity contribution in [3.05, 3.63) is 0 Å². The molecule has 2 atom stereocenters. The van der Waals surface area contributed by atoms with Gasteiger partial charge in [-0.05, 0) is 0 Å². The lowest BCUT2D eigenvalue weighted by atomic mass is 10.2. The summed E-state index contributed by atoms with van der Waals surface area (Å²) in [4.78, 5) is 26.5. The Morgan fingerprint density at radius 3 is 2.86 bits per heavy atom. The van der Waals surface area contributed by atoms with Crippen molar-refractivity contribution in [3.8, 4) is 0 Å². The van der Waals surface area contributed by atoms with Crippen LogP contribution in [0.2, 0.25) is 0 Å². The number of hydrogen-bond donors (Lipinski definition) is 2. The van der Waals surface area contributed by atoms with Gasteiger partial charge >= 0.3 is 11.8 Å². The first-order chi connectivity index (χ1) is 6.77. The predicted molar refractivity (Wildman–Crippen MR) is 47.0 cm³/mol. The van der Waals surface area contributed by atoms with E-state index in [1.165, 1.54) is 0 Å². The van der Waals surface area contributed by atoms with E-state index in [1.807, 2.05) is 0 Å². The molecule has 3 fully saturated rings. The normalized spacial score (nSPS) is 37.0. The van der Waals surface area contributed by atoms with Gasteiger partial charge in [-0.1, -0.05) is 0 Å². The van der Waals surface area contributed by atoms with Gasteiger partial charge in [-0.15, -0.1) is 0 Å². The highest BCUT2D eigenvalue weighted by atomic mass is 16.2. The molecule has 2 N–H and O–H groups in total. The highest BCUT2D eigenvalue weighted by Crippen LogP contribution is 2.20. The van der Waals surface area contributed by atoms with Crippen LogP contribution in [0.4, 0.5) is 0 Å². The number of carbonyl (C=O) groups excluding carboxylic acids is 2. The SMILES string of the molecule is O=C1NC2C3NCCN3CCN2C1=O. The van der Waals surface area contributed by atoms with E-state index in [4.69, 9.17) is 0 Å². The van der Waals surface area contributed by atoms with Crippen LogP contribution in [0.5, 0.6) is 0 Å². The lowest BCUT2D eigenvalue weighted by molar-refractivity contribution is -0.141. The zero-order chi connectivity index (χ0) is 9.71. The summed E-state index contributed by atoms with van der Waals surface area (Å²) in [6.07, 6.45) is -0.0506. The van der Waals surface area contributed by atoms with Gasteiger partial charge in [-0.3, -0.25) is 19.8 Å². The molecule has 3 aliphatic rings. The maximum absolute atomic E-state index is 11.4. The Balaban J connectivity index is 1.89. The van der Waals surface area contributed by atoms with Crippen LogP contribution in [0.3, 0.4) is 0 Å². The van der Waals surface area contributed by atoms with Crippen LogP contribution in [0, 0.1) is 0 Å². The van der Waals surface area contributed by atoms with Crippen molar-refractivity contribution in [2.75, 3.05) is 26.2 Å². The first-order valence-electron chi connectivity index (χ1n) is 4.86. The van der Waals surface area contributed by atoms with E-state index in [0.29, 0.717) is 6.54 Å². The average molecular weight is 196 g/mol. The molecule has 3 aliphatic heterocycles. The monoisotopic (exact) mass is 196 g/mol. The molecule has 3 saturated heterocycles. The van der Waals surface area contributed by atoms with E-state index >= 15 is 0 Å². The Morgan fingerprint density at radius 1 is 1.14 bits per heavy atom. The van der Waals surface area contributed by atoms with Crippen LogP contribution in [-0.4, -0.2) is 60.1 Å². The standard InChI is InChI=1S/C8H12N4O2/c13-7-8(14)12-4-3-11-2-1-9-5(11)6(12)10-7/h5-6,9H,1-4H2,(H,10,13). The minimum absolute atomic E-state index is 0.110. The smallest absolute Gasteiger partial charge is 0.313 e. The molecule has 0 radical (unpaired) electrons. The van der Waals surface area contributed by atoms with E-state index in [2.05, 4.69) is 15.5 Å². The fraction of sp³-hybridized carbons (Fsp3) is 0.750. The molecule has 0 bridgehead atoms. The molecule has 3 heterocycles. The molecular weight excluding hydrogens is 184 g/mol. The van der Waals surface area contributed by atoms with E-state index in [1.54, 1.807) is 4.90 Å². The Bertz CT molecular complexity index is 306. The van der Waals surface area contributed by atoms with Crippen LogP contribution in [0.1, 0.15) is 0 Å². The number of amides is 2. The van der Waals surface area contributed by atoms with E-state index in [-0.39, 0.29) is 18.2 Å². The Labute approximate surface area is 81.2 Å². The van der Waals surface area contributed by atoms with Gasteiger partial charge in [0.1, 0.15) is 12.3 Å². The summed E-state index contributed by atoms with van der Waals surface area (Å²) in [7, 11) is 0. The molecule has 14 heavy (non-hydrogen) atoms. The minimum Gasteiger partial charge on any atom is -0.325 e. The molecule has 0 aromatic heterocycles. The zero-order valence-electron chi connectivity index (χ0n) is 7.69. The molecule has 0 saturated carbocycles. The number of nitrogens with one attached hydrogen (secondary N) is 2. The van der Waals surface area contributed by atoms with E-state index < -0.39 is 5.91 Å². The van der Waals surface area contributed by atoms with Gasteiger partial charge in [-0.2, -0.15) is 0 Å². The molecule has 2 unspecified atom stereocenters. The molecule has 0 aromatic rings. The van der Waals surface area contributed by atoms with Crippen molar-refractivity contribution in [3.63, 3.8) is 0 Å².